The van der Waals surface area contributed by atoms with Gasteiger partial charge in [-0.25, -0.2) is 0 Å². The standard InChI is InChI=1S/C33H54O7S/c1-4-5-8-15-26(39-32-18-11-13-22-37-32)20-21-27-28(16-9-6-7-10-17-31(35)36-3)30(41-25(2)34)24-29(27)40-33-19-12-14-23-38-33/h6,9,20-21,26-30,32-33H,4-5,7-8,10-19,22-24H2,1-3H3/b9-6-,21-20+/t26-,27+,28+,29+,30-,32?,33?/m0/s1. The summed E-state index contributed by atoms with van der Waals surface area (Å²) in [6.07, 6.45) is 23.2. The zero-order chi connectivity index (χ0) is 29.3. The first kappa shape index (κ1) is 34.3. The Balaban J connectivity index is 1.75. The highest BCUT2D eigenvalue weighted by Crippen LogP contribution is 2.45. The lowest BCUT2D eigenvalue weighted by Crippen LogP contribution is -2.31. The monoisotopic (exact) mass is 594 g/mol. The first-order chi connectivity index (χ1) is 20.0. The van der Waals surface area contributed by atoms with Gasteiger partial charge in [0.1, 0.15) is 0 Å². The number of allylic oxidation sites excluding steroid dienone is 2. The molecule has 0 N–H and O–H groups in total. The molecule has 7 atom stereocenters. The zero-order valence-corrected chi connectivity index (χ0v) is 26.5. The summed E-state index contributed by atoms with van der Waals surface area (Å²) in [4.78, 5) is 23.7. The third-order valence-corrected chi connectivity index (χ3v) is 9.48. The van der Waals surface area contributed by atoms with Gasteiger partial charge in [0.2, 0.25) is 0 Å². The van der Waals surface area contributed by atoms with Crippen LogP contribution in [0.5, 0.6) is 0 Å². The number of esters is 1. The van der Waals surface area contributed by atoms with Crippen LogP contribution in [-0.2, 0) is 33.3 Å². The highest BCUT2D eigenvalue weighted by Gasteiger charge is 2.44. The van der Waals surface area contributed by atoms with Crippen LogP contribution in [0.4, 0.5) is 0 Å². The normalized spacial score (nSPS) is 29.7. The first-order valence-corrected chi connectivity index (χ1v) is 17.0. The van der Waals surface area contributed by atoms with Crippen LogP contribution in [0.1, 0.15) is 110 Å². The number of carbonyl (C=O) groups excluding carboxylic acids is 2. The summed E-state index contributed by atoms with van der Waals surface area (Å²) < 4.78 is 29.8. The van der Waals surface area contributed by atoms with Crippen molar-refractivity contribution < 1.29 is 33.3 Å². The van der Waals surface area contributed by atoms with Crippen LogP contribution < -0.4 is 0 Å². The minimum atomic E-state index is -0.174. The van der Waals surface area contributed by atoms with Crippen molar-refractivity contribution in [2.24, 2.45) is 11.8 Å². The van der Waals surface area contributed by atoms with Crippen molar-refractivity contribution in [1.29, 1.82) is 0 Å². The zero-order valence-electron chi connectivity index (χ0n) is 25.6. The van der Waals surface area contributed by atoms with Crippen molar-refractivity contribution in [3.63, 3.8) is 0 Å². The van der Waals surface area contributed by atoms with Crippen molar-refractivity contribution in [3.8, 4) is 0 Å². The molecule has 2 aliphatic heterocycles. The molecule has 0 bridgehead atoms. The summed E-state index contributed by atoms with van der Waals surface area (Å²) in [5.74, 6) is 0.242. The highest BCUT2D eigenvalue weighted by atomic mass is 32.2. The van der Waals surface area contributed by atoms with Gasteiger partial charge in [-0.1, -0.05) is 62.3 Å². The molecule has 2 heterocycles. The van der Waals surface area contributed by atoms with E-state index in [-0.39, 0.29) is 53.0 Å². The predicted octanol–water partition coefficient (Wildman–Crippen LogP) is 7.52. The quantitative estimate of drug-likeness (QED) is 0.0972. The molecule has 1 saturated carbocycles. The smallest absolute Gasteiger partial charge is 0.305 e. The van der Waals surface area contributed by atoms with E-state index in [1.807, 2.05) is 0 Å². The lowest BCUT2D eigenvalue weighted by molar-refractivity contribution is -0.192. The van der Waals surface area contributed by atoms with Crippen LogP contribution in [0.15, 0.2) is 24.3 Å². The first-order valence-electron chi connectivity index (χ1n) is 16.1. The van der Waals surface area contributed by atoms with Gasteiger partial charge in [-0.05, 0) is 76.5 Å². The van der Waals surface area contributed by atoms with E-state index in [1.165, 1.54) is 31.7 Å². The van der Waals surface area contributed by atoms with Gasteiger partial charge < -0.3 is 23.7 Å². The Morgan fingerprint density at radius 2 is 1.76 bits per heavy atom. The number of unbranched alkanes of at least 4 members (excludes halogenated alkanes) is 3. The molecule has 0 radical (unpaired) electrons. The van der Waals surface area contributed by atoms with Crippen molar-refractivity contribution in [1.82, 2.24) is 0 Å². The van der Waals surface area contributed by atoms with Crippen LogP contribution in [0.3, 0.4) is 0 Å². The molecule has 41 heavy (non-hydrogen) atoms. The second kappa shape index (κ2) is 19.9. The molecule has 3 rings (SSSR count). The Morgan fingerprint density at radius 3 is 2.41 bits per heavy atom. The van der Waals surface area contributed by atoms with E-state index < -0.39 is 0 Å². The molecule has 0 spiro atoms. The van der Waals surface area contributed by atoms with Crippen LogP contribution in [0.2, 0.25) is 0 Å². The van der Waals surface area contributed by atoms with E-state index in [4.69, 9.17) is 23.7 Å². The second-order valence-electron chi connectivity index (χ2n) is 11.6. The molecule has 0 aromatic carbocycles. The molecule has 1 aliphatic carbocycles. The third-order valence-electron chi connectivity index (χ3n) is 8.31. The van der Waals surface area contributed by atoms with Crippen molar-refractivity contribution in [2.75, 3.05) is 20.3 Å². The number of ether oxygens (including phenoxy) is 5. The van der Waals surface area contributed by atoms with Crippen LogP contribution >= 0.6 is 11.8 Å². The summed E-state index contributed by atoms with van der Waals surface area (Å²) >= 11 is 1.45. The van der Waals surface area contributed by atoms with Crippen LogP contribution in [-0.4, -0.2) is 61.4 Å². The average molecular weight is 595 g/mol. The maximum absolute atomic E-state index is 12.3. The predicted molar refractivity (Wildman–Crippen MR) is 163 cm³/mol. The molecule has 2 unspecified atom stereocenters. The second-order valence-corrected chi connectivity index (χ2v) is 13.0. The molecule has 2 saturated heterocycles. The number of carbonyl (C=O) groups is 2. The fourth-order valence-corrected chi connectivity index (χ4v) is 7.26. The van der Waals surface area contributed by atoms with Gasteiger partial charge in [-0.3, -0.25) is 9.59 Å². The largest absolute Gasteiger partial charge is 0.469 e. The Hall–Kier alpha value is -1.19. The lowest BCUT2D eigenvalue weighted by atomic mass is 9.90. The van der Waals surface area contributed by atoms with Crippen LogP contribution in [0, 0.1) is 11.8 Å². The maximum Gasteiger partial charge on any atom is 0.305 e. The molecule has 3 aliphatic rings. The van der Waals surface area contributed by atoms with Gasteiger partial charge in [0.05, 0.1) is 19.3 Å². The minimum Gasteiger partial charge on any atom is -0.469 e. The van der Waals surface area contributed by atoms with Gasteiger partial charge in [-0.15, -0.1) is 0 Å². The van der Waals surface area contributed by atoms with Crippen molar-refractivity contribution >= 4 is 22.8 Å². The summed E-state index contributed by atoms with van der Waals surface area (Å²) in [5.41, 5.74) is 0. The SMILES string of the molecule is CCCCC[C@@H](/C=C/[C@@H]1[C@@H](C/C=C\CCCC(=O)OC)[C@@H](SC(C)=O)C[C@H]1OC1CCCCO1)OC1CCCCO1. The molecule has 7 nitrogen and oxygen atoms in total. The molecular formula is C33H54O7S. The number of thioether (sulfide) groups is 1. The molecule has 0 amide bonds. The molecule has 3 fully saturated rings. The number of rotatable bonds is 17. The van der Waals surface area contributed by atoms with Crippen molar-refractivity contribution in [2.45, 2.75) is 140 Å². The lowest BCUT2D eigenvalue weighted by Gasteiger charge is -2.30. The fraction of sp³-hybridized carbons (Fsp3) is 0.818. The molecule has 8 heteroatoms. The van der Waals surface area contributed by atoms with Gasteiger partial charge >= 0.3 is 5.97 Å². The van der Waals surface area contributed by atoms with E-state index in [0.29, 0.717) is 6.42 Å². The Kier molecular flexibility index (Phi) is 16.6. The third kappa shape index (κ3) is 12.9. The van der Waals surface area contributed by atoms with E-state index >= 15 is 0 Å². The van der Waals surface area contributed by atoms with Gasteiger partial charge in [0.25, 0.3) is 0 Å². The number of hydrogen-bond donors (Lipinski definition) is 0. The highest BCUT2D eigenvalue weighted by molar-refractivity contribution is 8.14. The van der Waals surface area contributed by atoms with Crippen LogP contribution in [0.25, 0.3) is 0 Å². The Morgan fingerprint density at radius 1 is 1.00 bits per heavy atom. The van der Waals surface area contributed by atoms with Crippen molar-refractivity contribution in [3.05, 3.63) is 24.3 Å². The average Bonchev–Trinajstić information content (AvgIpc) is 3.28. The van der Waals surface area contributed by atoms with E-state index in [9.17, 15) is 9.59 Å². The maximum atomic E-state index is 12.3. The summed E-state index contributed by atoms with van der Waals surface area (Å²) in [5, 5.41) is 0.325. The molecular weight excluding hydrogens is 540 g/mol. The fourth-order valence-electron chi connectivity index (χ4n) is 6.08. The summed E-state index contributed by atoms with van der Waals surface area (Å²) in [7, 11) is 1.43. The molecule has 234 valence electrons. The van der Waals surface area contributed by atoms with Gasteiger partial charge in [-0.2, -0.15) is 0 Å². The summed E-state index contributed by atoms with van der Waals surface area (Å²) in [6.45, 7) is 5.41. The van der Waals surface area contributed by atoms with Gasteiger partial charge in [0.15, 0.2) is 17.7 Å². The van der Waals surface area contributed by atoms with E-state index in [1.54, 1.807) is 6.92 Å². The van der Waals surface area contributed by atoms with E-state index in [2.05, 4.69) is 31.2 Å². The summed E-state index contributed by atoms with van der Waals surface area (Å²) in [6, 6.07) is 0. The number of methoxy groups -OCH3 is 1. The number of hydrogen-bond acceptors (Lipinski definition) is 8. The van der Waals surface area contributed by atoms with Gasteiger partial charge in [0, 0.05) is 37.7 Å². The molecule has 0 aromatic heterocycles. The topological polar surface area (TPSA) is 80.3 Å². The molecule has 0 aromatic rings. The Labute approximate surface area is 252 Å². The Bertz CT molecular complexity index is 803. The minimum absolute atomic E-state index is 0.00487. The van der Waals surface area contributed by atoms with E-state index in [0.717, 1.165) is 90.3 Å².